The summed E-state index contributed by atoms with van der Waals surface area (Å²) in [5, 5.41) is 3.98. The van der Waals surface area contributed by atoms with E-state index in [4.69, 9.17) is 4.52 Å². The molecule has 0 aliphatic carbocycles. The topological polar surface area (TPSA) is 26.0 Å². The fraction of sp³-hybridized carbons (Fsp3) is 0.308. The zero-order valence-electron chi connectivity index (χ0n) is 9.24. The van der Waals surface area contributed by atoms with E-state index in [0.717, 1.165) is 29.9 Å². The molecule has 16 heavy (non-hydrogen) atoms. The Morgan fingerprint density at radius 1 is 1.25 bits per heavy atom. The number of hydrogen-bond donors (Lipinski definition) is 0. The third-order valence-corrected chi connectivity index (χ3v) is 2.40. The molecule has 0 bridgehead atoms. The van der Waals surface area contributed by atoms with Crippen LogP contribution in [0.5, 0.6) is 0 Å². The lowest BCUT2D eigenvalue weighted by Gasteiger charge is -1.96. The number of aromatic nitrogens is 1. The van der Waals surface area contributed by atoms with Crippen LogP contribution in [0, 0.1) is 5.82 Å². The van der Waals surface area contributed by atoms with Crippen LogP contribution in [0.2, 0.25) is 0 Å². The summed E-state index contributed by atoms with van der Waals surface area (Å²) in [4.78, 5) is 0. The van der Waals surface area contributed by atoms with Crippen molar-refractivity contribution in [2.45, 2.75) is 26.2 Å². The van der Waals surface area contributed by atoms with Gasteiger partial charge in [0.25, 0.3) is 0 Å². The Labute approximate surface area is 94.1 Å². The molecule has 0 radical (unpaired) electrons. The fourth-order valence-corrected chi connectivity index (χ4v) is 1.61. The van der Waals surface area contributed by atoms with Crippen LogP contribution < -0.4 is 0 Å². The molecule has 2 aromatic rings. The summed E-state index contributed by atoms with van der Waals surface area (Å²) >= 11 is 0. The van der Waals surface area contributed by atoms with Crippen molar-refractivity contribution < 1.29 is 8.91 Å². The van der Waals surface area contributed by atoms with E-state index in [1.165, 1.54) is 12.1 Å². The molecule has 2 rings (SSSR count). The summed E-state index contributed by atoms with van der Waals surface area (Å²) in [5.41, 5.74) is 1.94. The molecular formula is C13H14FNO. The Bertz CT molecular complexity index is 447. The molecule has 3 heteroatoms. The second-order valence-electron chi connectivity index (χ2n) is 3.84. The van der Waals surface area contributed by atoms with Crippen molar-refractivity contribution in [2.75, 3.05) is 0 Å². The maximum absolute atomic E-state index is 12.7. The van der Waals surface area contributed by atoms with Crippen molar-refractivity contribution in [1.82, 2.24) is 5.16 Å². The van der Waals surface area contributed by atoms with E-state index in [0.29, 0.717) is 6.42 Å². The normalized spacial score (nSPS) is 10.6. The monoisotopic (exact) mass is 219 g/mol. The molecule has 0 amide bonds. The summed E-state index contributed by atoms with van der Waals surface area (Å²) in [6, 6.07) is 8.42. The van der Waals surface area contributed by atoms with E-state index in [1.54, 1.807) is 12.1 Å². The largest absolute Gasteiger partial charge is 0.361 e. The van der Waals surface area contributed by atoms with E-state index in [2.05, 4.69) is 12.1 Å². The maximum atomic E-state index is 12.7. The van der Waals surface area contributed by atoms with Gasteiger partial charge in [-0.1, -0.05) is 24.2 Å². The first-order valence-electron chi connectivity index (χ1n) is 5.47. The highest BCUT2D eigenvalue weighted by atomic mass is 19.1. The molecule has 0 aliphatic heterocycles. The molecule has 0 N–H and O–H groups in total. The van der Waals surface area contributed by atoms with Crippen molar-refractivity contribution in [3.05, 3.63) is 53.2 Å². The van der Waals surface area contributed by atoms with Crippen molar-refractivity contribution in [1.29, 1.82) is 0 Å². The van der Waals surface area contributed by atoms with Gasteiger partial charge in [0.2, 0.25) is 0 Å². The molecular weight excluding hydrogens is 205 g/mol. The van der Waals surface area contributed by atoms with Gasteiger partial charge < -0.3 is 4.52 Å². The molecule has 0 aliphatic rings. The number of rotatable bonds is 4. The standard InChI is InChI=1S/C13H14FNO/c1-2-3-13-9-12(15-16-13)8-10-4-6-11(14)7-5-10/h4-7,9H,2-3,8H2,1H3. The van der Waals surface area contributed by atoms with Gasteiger partial charge >= 0.3 is 0 Å². The third kappa shape index (κ3) is 2.69. The first-order valence-corrected chi connectivity index (χ1v) is 5.47. The van der Waals surface area contributed by atoms with Crippen molar-refractivity contribution >= 4 is 0 Å². The molecule has 1 aromatic carbocycles. The summed E-state index contributed by atoms with van der Waals surface area (Å²) in [6.45, 7) is 2.10. The Morgan fingerprint density at radius 3 is 2.69 bits per heavy atom. The van der Waals surface area contributed by atoms with Crippen LogP contribution in [0.1, 0.15) is 30.4 Å². The molecule has 0 unspecified atom stereocenters. The van der Waals surface area contributed by atoms with Crippen LogP contribution in [0.15, 0.2) is 34.9 Å². The predicted octanol–water partition coefficient (Wildman–Crippen LogP) is 3.36. The molecule has 2 nitrogen and oxygen atoms in total. The smallest absolute Gasteiger partial charge is 0.137 e. The Kier molecular flexibility index (Phi) is 3.34. The van der Waals surface area contributed by atoms with Gasteiger partial charge in [-0.2, -0.15) is 0 Å². The molecule has 0 saturated heterocycles. The lowest BCUT2D eigenvalue weighted by Crippen LogP contribution is -1.87. The molecule has 0 atom stereocenters. The van der Waals surface area contributed by atoms with Crippen LogP contribution in [0.25, 0.3) is 0 Å². The Balaban J connectivity index is 2.05. The summed E-state index contributed by atoms with van der Waals surface area (Å²) in [7, 11) is 0. The lowest BCUT2D eigenvalue weighted by atomic mass is 10.1. The highest BCUT2D eigenvalue weighted by Gasteiger charge is 2.04. The minimum Gasteiger partial charge on any atom is -0.361 e. The van der Waals surface area contributed by atoms with E-state index >= 15 is 0 Å². The summed E-state index contributed by atoms with van der Waals surface area (Å²) in [5.74, 6) is 0.704. The zero-order chi connectivity index (χ0) is 11.4. The molecule has 0 spiro atoms. The Hall–Kier alpha value is -1.64. The molecule has 1 aromatic heterocycles. The van der Waals surface area contributed by atoms with Gasteiger partial charge in [0, 0.05) is 18.9 Å². The molecule has 0 fully saturated rings. The average molecular weight is 219 g/mol. The van der Waals surface area contributed by atoms with Gasteiger partial charge in [-0.05, 0) is 24.1 Å². The highest BCUT2D eigenvalue weighted by molar-refractivity contribution is 5.22. The minimum atomic E-state index is -0.212. The van der Waals surface area contributed by atoms with E-state index in [-0.39, 0.29) is 5.82 Å². The molecule has 84 valence electrons. The van der Waals surface area contributed by atoms with Crippen molar-refractivity contribution in [2.24, 2.45) is 0 Å². The van der Waals surface area contributed by atoms with Crippen LogP contribution >= 0.6 is 0 Å². The first kappa shape index (κ1) is 10.9. The predicted molar refractivity (Wildman–Crippen MR) is 59.7 cm³/mol. The number of hydrogen-bond acceptors (Lipinski definition) is 2. The van der Waals surface area contributed by atoms with Crippen LogP contribution in [0.4, 0.5) is 4.39 Å². The number of aryl methyl sites for hydroxylation is 1. The van der Waals surface area contributed by atoms with Crippen LogP contribution in [-0.4, -0.2) is 5.16 Å². The van der Waals surface area contributed by atoms with Crippen LogP contribution in [0.3, 0.4) is 0 Å². The Morgan fingerprint density at radius 2 is 2.00 bits per heavy atom. The average Bonchev–Trinajstić information content (AvgIpc) is 2.70. The van der Waals surface area contributed by atoms with E-state index < -0.39 is 0 Å². The maximum Gasteiger partial charge on any atom is 0.137 e. The van der Waals surface area contributed by atoms with Crippen molar-refractivity contribution in [3.8, 4) is 0 Å². The first-order chi connectivity index (χ1) is 7.78. The van der Waals surface area contributed by atoms with Crippen molar-refractivity contribution in [3.63, 3.8) is 0 Å². The quantitative estimate of drug-likeness (QED) is 0.788. The second-order valence-corrected chi connectivity index (χ2v) is 3.84. The lowest BCUT2D eigenvalue weighted by molar-refractivity contribution is 0.377. The van der Waals surface area contributed by atoms with Gasteiger partial charge in [-0.25, -0.2) is 4.39 Å². The van der Waals surface area contributed by atoms with Gasteiger partial charge in [0.15, 0.2) is 0 Å². The number of halogens is 1. The zero-order valence-corrected chi connectivity index (χ0v) is 9.24. The molecule has 1 heterocycles. The van der Waals surface area contributed by atoms with E-state index in [9.17, 15) is 4.39 Å². The van der Waals surface area contributed by atoms with Crippen LogP contribution in [-0.2, 0) is 12.8 Å². The highest BCUT2D eigenvalue weighted by Crippen LogP contribution is 2.12. The van der Waals surface area contributed by atoms with Gasteiger partial charge in [0.05, 0.1) is 5.69 Å². The van der Waals surface area contributed by atoms with Gasteiger partial charge in [0.1, 0.15) is 11.6 Å². The SMILES string of the molecule is CCCc1cc(Cc2ccc(F)cc2)no1. The van der Waals surface area contributed by atoms with Gasteiger partial charge in [-0.3, -0.25) is 0 Å². The minimum absolute atomic E-state index is 0.212. The fourth-order valence-electron chi connectivity index (χ4n) is 1.61. The summed E-state index contributed by atoms with van der Waals surface area (Å²) in [6.07, 6.45) is 2.65. The molecule has 0 saturated carbocycles. The van der Waals surface area contributed by atoms with Gasteiger partial charge in [-0.15, -0.1) is 0 Å². The number of benzene rings is 1. The van der Waals surface area contributed by atoms with E-state index in [1.807, 2.05) is 6.07 Å². The number of nitrogens with zero attached hydrogens (tertiary/aromatic N) is 1. The second kappa shape index (κ2) is 4.92. The summed E-state index contributed by atoms with van der Waals surface area (Å²) < 4.78 is 17.9. The third-order valence-electron chi connectivity index (χ3n) is 2.40.